The van der Waals surface area contributed by atoms with Crippen LogP contribution in [0.2, 0.25) is 0 Å². The second-order valence-corrected chi connectivity index (χ2v) is 7.90. The summed E-state index contributed by atoms with van der Waals surface area (Å²) in [5.74, 6) is 0.291. The Morgan fingerprint density at radius 1 is 1.20 bits per heavy atom. The molecule has 3 aromatic rings. The van der Waals surface area contributed by atoms with Gasteiger partial charge in [0.05, 0.1) is 12.7 Å². The molecule has 1 fully saturated rings. The first kappa shape index (κ1) is 22.3. The van der Waals surface area contributed by atoms with Gasteiger partial charge in [0, 0.05) is 34.7 Å². The van der Waals surface area contributed by atoms with Crippen LogP contribution in [0.4, 0.5) is 4.39 Å². The molecule has 1 aliphatic rings. The molecule has 4 nitrogen and oxygen atoms in total. The van der Waals surface area contributed by atoms with Gasteiger partial charge in [-0.15, -0.1) is 12.4 Å². The Morgan fingerprint density at radius 2 is 1.93 bits per heavy atom. The van der Waals surface area contributed by atoms with Gasteiger partial charge in [0.2, 0.25) is 0 Å². The fraction of sp³-hybridized carbons (Fsp3) is 0.375. The molecular formula is C24H28ClFN2O2. The highest BCUT2D eigenvalue weighted by Crippen LogP contribution is 2.30. The van der Waals surface area contributed by atoms with Crippen LogP contribution >= 0.6 is 12.4 Å². The van der Waals surface area contributed by atoms with E-state index >= 15 is 0 Å². The predicted octanol–water partition coefficient (Wildman–Crippen LogP) is 5.23. The van der Waals surface area contributed by atoms with Crippen LogP contribution in [0.5, 0.6) is 5.75 Å². The molecule has 0 radical (unpaired) electrons. The van der Waals surface area contributed by atoms with Gasteiger partial charge in [-0.1, -0.05) is 0 Å². The van der Waals surface area contributed by atoms with E-state index < -0.39 is 0 Å². The summed E-state index contributed by atoms with van der Waals surface area (Å²) in [4.78, 5) is 15.7. The van der Waals surface area contributed by atoms with Crippen molar-refractivity contribution in [2.45, 2.75) is 38.8 Å². The summed E-state index contributed by atoms with van der Waals surface area (Å²) in [7, 11) is 3.77. The maximum Gasteiger partial charge on any atom is 0.195 e. The number of aromatic nitrogens is 1. The molecule has 0 saturated carbocycles. The molecule has 6 heteroatoms. The average Bonchev–Trinajstić information content (AvgIpc) is 3.25. The molecule has 0 N–H and O–H groups in total. The van der Waals surface area contributed by atoms with Gasteiger partial charge in [0.1, 0.15) is 11.6 Å². The number of ketones is 1. The zero-order valence-corrected chi connectivity index (χ0v) is 18.5. The Morgan fingerprint density at radius 3 is 2.57 bits per heavy atom. The van der Waals surface area contributed by atoms with E-state index in [0.29, 0.717) is 28.3 Å². The second kappa shape index (κ2) is 9.19. The Bertz CT molecular complexity index is 1050. The molecule has 4 rings (SSSR count). The highest BCUT2D eigenvalue weighted by molar-refractivity contribution is 6.17. The molecule has 0 bridgehead atoms. The van der Waals surface area contributed by atoms with Crippen LogP contribution in [-0.4, -0.2) is 42.0 Å². The SMILES string of the molecule is COc1ccc(C(=O)c2c(C)n(CCC3CCCN3C)c3ccc(F)cc23)cc1.Cl. The third kappa shape index (κ3) is 4.09. The number of nitrogens with zero attached hydrogens (tertiary/aromatic N) is 2. The first-order valence-electron chi connectivity index (χ1n) is 10.2. The Hall–Kier alpha value is -2.37. The van der Waals surface area contributed by atoms with Gasteiger partial charge in [-0.3, -0.25) is 4.79 Å². The number of halogens is 2. The topological polar surface area (TPSA) is 34.5 Å². The van der Waals surface area contributed by atoms with Crippen LogP contribution in [-0.2, 0) is 6.54 Å². The monoisotopic (exact) mass is 430 g/mol. The lowest BCUT2D eigenvalue weighted by Crippen LogP contribution is -2.26. The largest absolute Gasteiger partial charge is 0.497 e. The van der Waals surface area contributed by atoms with Crippen molar-refractivity contribution < 1.29 is 13.9 Å². The van der Waals surface area contributed by atoms with Gasteiger partial charge in [0.15, 0.2) is 5.78 Å². The molecule has 1 unspecified atom stereocenters. The minimum atomic E-state index is -0.325. The van der Waals surface area contributed by atoms with Crippen molar-refractivity contribution in [2.24, 2.45) is 0 Å². The van der Waals surface area contributed by atoms with E-state index in [0.717, 1.165) is 30.7 Å². The van der Waals surface area contributed by atoms with Crippen LogP contribution in [0.1, 0.15) is 40.9 Å². The summed E-state index contributed by atoms with van der Waals surface area (Å²) in [5.41, 5.74) is 2.98. The van der Waals surface area contributed by atoms with Crippen LogP contribution in [0.25, 0.3) is 10.9 Å². The van der Waals surface area contributed by atoms with Crippen molar-refractivity contribution in [3.63, 3.8) is 0 Å². The Labute approximate surface area is 183 Å². The summed E-state index contributed by atoms with van der Waals surface area (Å²) in [6, 6.07) is 12.4. The number of rotatable bonds is 6. The first-order valence-corrected chi connectivity index (χ1v) is 10.2. The normalized spacial score (nSPS) is 16.6. The first-order chi connectivity index (χ1) is 14.0. The standard InChI is InChI=1S/C24H27FN2O2.ClH/c1-16-23(24(28)17-6-9-20(29-3)10-7-17)21-15-18(25)8-11-22(21)27(16)14-12-19-5-4-13-26(19)2;/h6-11,15,19H,4-5,12-14H2,1-3H3;1H. The third-order valence-corrected chi connectivity index (χ3v) is 6.22. The lowest BCUT2D eigenvalue weighted by atomic mass is 10.0. The molecule has 1 aliphatic heterocycles. The van der Waals surface area contributed by atoms with Gasteiger partial charge < -0.3 is 14.2 Å². The second-order valence-electron chi connectivity index (χ2n) is 7.90. The molecule has 1 atom stereocenters. The fourth-order valence-electron chi connectivity index (χ4n) is 4.54. The van der Waals surface area contributed by atoms with Crippen LogP contribution in [0.15, 0.2) is 42.5 Å². The van der Waals surface area contributed by atoms with Crippen molar-refractivity contribution >= 4 is 29.1 Å². The number of benzene rings is 2. The van der Waals surface area contributed by atoms with Crippen molar-refractivity contribution in [1.29, 1.82) is 0 Å². The zero-order valence-electron chi connectivity index (χ0n) is 17.7. The molecule has 0 amide bonds. The van der Waals surface area contributed by atoms with Crippen molar-refractivity contribution in [1.82, 2.24) is 9.47 Å². The van der Waals surface area contributed by atoms with E-state index in [9.17, 15) is 9.18 Å². The molecule has 2 aromatic carbocycles. The maximum absolute atomic E-state index is 14.1. The number of hydrogen-bond donors (Lipinski definition) is 0. The van der Waals surface area contributed by atoms with Gasteiger partial charge in [-0.2, -0.15) is 0 Å². The number of ether oxygens (including phenoxy) is 1. The van der Waals surface area contributed by atoms with Gasteiger partial charge in [-0.25, -0.2) is 4.39 Å². The number of hydrogen-bond acceptors (Lipinski definition) is 3. The molecule has 160 valence electrons. The molecule has 1 saturated heterocycles. The minimum absolute atomic E-state index is 0. The summed E-state index contributed by atoms with van der Waals surface area (Å²) in [5, 5.41) is 0.683. The predicted molar refractivity (Wildman–Crippen MR) is 121 cm³/mol. The minimum Gasteiger partial charge on any atom is -0.497 e. The smallest absolute Gasteiger partial charge is 0.195 e. The molecule has 30 heavy (non-hydrogen) atoms. The van der Waals surface area contributed by atoms with Crippen molar-refractivity contribution in [3.8, 4) is 5.75 Å². The quantitative estimate of drug-likeness (QED) is 0.502. The zero-order chi connectivity index (χ0) is 20.5. The van der Waals surface area contributed by atoms with Gasteiger partial charge in [0.25, 0.3) is 0 Å². The van der Waals surface area contributed by atoms with Crippen LogP contribution in [0.3, 0.4) is 0 Å². The summed E-state index contributed by atoms with van der Waals surface area (Å²) < 4.78 is 21.4. The summed E-state index contributed by atoms with van der Waals surface area (Å²) in [6.45, 7) is 3.92. The van der Waals surface area contributed by atoms with Crippen molar-refractivity contribution in [2.75, 3.05) is 20.7 Å². The molecular weight excluding hydrogens is 403 g/mol. The van der Waals surface area contributed by atoms with E-state index in [1.807, 2.05) is 6.92 Å². The maximum atomic E-state index is 14.1. The fourth-order valence-corrected chi connectivity index (χ4v) is 4.54. The number of fused-ring (bicyclic) bond motifs is 1. The Balaban J connectivity index is 0.00000256. The molecule has 0 aliphatic carbocycles. The molecule has 1 aromatic heterocycles. The molecule has 0 spiro atoms. The van der Waals surface area contributed by atoms with Gasteiger partial charge in [-0.05, 0) is 82.2 Å². The highest BCUT2D eigenvalue weighted by atomic mass is 35.5. The van der Waals surface area contributed by atoms with E-state index in [4.69, 9.17) is 4.74 Å². The van der Waals surface area contributed by atoms with E-state index in [2.05, 4.69) is 16.5 Å². The average molecular weight is 431 g/mol. The summed E-state index contributed by atoms with van der Waals surface area (Å²) >= 11 is 0. The Kier molecular flexibility index (Phi) is 6.84. The third-order valence-electron chi connectivity index (χ3n) is 6.22. The number of likely N-dealkylation sites (tertiary alicyclic amines) is 1. The lowest BCUT2D eigenvalue weighted by Gasteiger charge is -2.20. The number of aryl methyl sites for hydroxylation is 1. The lowest BCUT2D eigenvalue weighted by molar-refractivity contribution is 0.103. The van der Waals surface area contributed by atoms with Gasteiger partial charge >= 0.3 is 0 Å². The van der Waals surface area contributed by atoms with E-state index in [1.165, 1.54) is 25.0 Å². The summed E-state index contributed by atoms with van der Waals surface area (Å²) in [6.07, 6.45) is 3.47. The van der Waals surface area contributed by atoms with Crippen molar-refractivity contribution in [3.05, 3.63) is 65.1 Å². The highest BCUT2D eigenvalue weighted by Gasteiger charge is 2.24. The van der Waals surface area contributed by atoms with E-state index in [1.54, 1.807) is 37.4 Å². The van der Waals surface area contributed by atoms with Crippen LogP contribution in [0, 0.1) is 12.7 Å². The number of methoxy groups -OCH3 is 1. The van der Waals surface area contributed by atoms with Crippen LogP contribution < -0.4 is 4.74 Å². The molecule has 2 heterocycles. The number of carbonyl (C=O) groups excluding carboxylic acids is 1. The van der Waals surface area contributed by atoms with E-state index in [-0.39, 0.29) is 24.0 Å². The number of carbonyl (C=O) groups is 1.